The first-order valence-electron chi connectivity index (χ1n) is 8.00. The van der Waals surface area contributed by atoms with Crippen LogP contribution >= 0.6 is 0 Å². The van der Waals surface area contributed by atoms with Crippen LogP contribution in [0.3, 0.4) is 0 Å². The van der Waals surface area contributed by atoms with Crippen LogP contribution in [0.25, 0.3) is 11.1 Å². The molecule has 0 radical (unpaired) electrons. The van der Waals surface area contributed by atoms with Crippen molar-refractivity contribution in [3.63, 3.8) is 0 Å². The van der Waals surface area contributed by atoms with Crippen LogP contribution < -0.4 is 5.32 Å². The second-order valence-electron chi connectivity index (χ2n) is 5.53. The van der Waals surface area contributed by atoms with Gasteiger partial charge in [0.25, 0.3) is 0 Å². The van der Waals surface area contributed by atoms with Gasteiger partial charge in [-0.1, -0.05) is 25.1 Å². The van der Waals surface area contributed by atoms with Crippen LogP contribution in [0, 0.1) is 16.6 Å². The number of nitrogens with one attached hydrogen (secondary N) is 3. The zero-order valence-electron chi connectivity index (χ0n) is 14.3. The monoisotopic (exact) mass is 326 g/mol. The molecule has 0 bridgehead atoms. The van der Waals surface area contributed by atoms with E-state index in [4.69, 9.17) is 10.8 Å². The van der Waals surface area contributed by atoms with Gasteiger partial charge in [-0.3, -0.25) is 10.8 Å². The van der Waals surface area contributed by atoms with Gasteiger partial charge in [0.15, 0.2) is 0 Å². The summed E-state index contributed by atoms with van der Waals surface area (Å²) in [5.41, 5.74) is 4.43. The van der Waals surface area contributed by atoms with Crippen molar-refractivity contribution in [3.8, 4) is 11.1 Å². The highest BCUT2D eigenvalue weighted by Crippen LogP contribution is 2.30. The fourth-order valence-electron chi connectivity index (χ4n) is 2.63. The Labute approximate surface area is 142 Å². The van der Waals surface area contributed by atoms with E-state index in [1.807, 2.05) is 19.1 Å². The van der Waals surface area contributed by atoms with Crippen molar-refractivity contribution in [1.82, 2.24) is 4.90 Å². The molecule has 0 atom stereocenters. The predicted octanol–water partition coefficient (Wildman–Crippen LogP) is 4.35. The molecule has 0 fully saturated rings. The lowest BCUT2D eigenvalue weighted by molar-refractivity contribution is 0.627. The van der Waals surface area contributed by atoms with Crippen LogP contribution in [-0.4, -0.2) is 30.7 Å². The average Bonchev–Trinajstić information content (AvgIpc) is 2.60. The molecule has 0 heterocycles. The van der Waals surface area contributed by atoms with Gasteiger partial charge in [-0.15, -0.1) is 0 Å². The fraction of sp³-hybridized carbons (Fsp3) is 0.263. The molecule has 2 aromatic rings. The molecule has 3 N–H and O–H groups in total. The van der Waals surface area contributed by atoms with Gasteiger partial charge in [-0.25, -0.2) is 4.39 Å². The average molecular weight is 326 g/mol. The number of hydrogen-bond donors (Lipinski definition) is 3. The van der Waals surface area contributed by atoms with E-state index in [0.717, 1.165) is 36.1 Å². The minimum Gasteiger partial charge on any atom is -0.385 e. The molecule has 4 nitrogen and oxygen atoms in total. The van der Waals surface area contributed by atoms with E-state index < -0.39 is 5.82 Å². The molecule has 0 aliphatic rings. The van der Waals surface area contributed by atoms with Gasteiger partial charge in [0.05, 0.1) is 6.34 Å². The van der Waals surface area contributed by atoms with Crippen LogP contribution in [0.15, 0.2) is 36.4 Å². The Kier molecular flexibility index (Phi) is 5.68. The molecule has 0 saturated carbocycles. The van der Waals surface area contributed by atoms with E-state index in [9.17, 15) is 4.39 Å². The summed E-state index contributed by atoms with van der Waals surface area (Å²) in [6.07, 6.45) is 1.96. The number of halogens is 1. The molecular weight excluding hydrogens is 303 g/mol. The zero-order chi connectivity index (χ0) is 17.7. The predicted molar refractivity (Wildman–Crippen MR) is 98.8 cm³/mol. The van der Waals surface area contributed by atoms with E-state index >= 15 is 0 Å². The lowest BCUT2D eigenvalue weighted by Gasteiger charge is -2.18. The van der Waals surface area contributed by atoms with Crippen LogP contribution in [0.1, 0.15) is 25.0 Å². The van der Waals surface area contributed by atoms with Crippen LogP contribution in [0.2, 0.25) is 0 Å². The Bertz CT molecular complexity index is 755. The molecule has 24 heavy (non-hydrogen) atoms. The van der Waals surface area contributed by atoms with Gasteiger partial charge < -0.3 is 10.2 Å². The molecular formula is C19H23FN4. The molecule has 0 aromatic heterocycles. The van der Waals surface area contributed by atoms with Crippen molar-refractivity contribution in [3.05, 3.63) is 53.3 Å². The van der Waals surface area contributed by atoms with Crippen LogP contribution in [-0.2, 0) is 6.42 Å². The normalized spacial score (nSPS) is 10.3. The summed E-state index contributed by atoms with van der Waals surface area (Å²) in [6.45, 7) is 4.97. The zero-order valence-corrected chi connectivity index (χ0v) is 14.3. The van der Waals surface area contributed by atoms with Gasteiger partial charge in [0, 0.05) is 24.8 Å². The molecule has 5 heteroatoms. The first kappa shape index (κ1) is 17.7. The van der Waals surface area contributed by atoms with E-state index in [1.165, 1.54) is 22.6 Å². The standard InChI is InChI=1S/C19H23FN4/c1-4-13-6-7-14(10-18(13)23-5-2)16-9-8-15(20)11-17(16)19(22)24(3)12-21/h6-12,21-23H,4-5H2,1-3H3. The van der Waals surface area contributed by atoms with Gasteiger partial charge in [0.2, 0.25) is 0 Å². The molecule has 0 aliphatic heterocycles. The second kappa shape index (κ2) is 7.73. The maximum absolute atomic E-state index is 13.7. The quantitative estimate of drug-likeness (QED) is 0.546. The summed E-state index contributed by atoms with van der Waals surface area (Å²) in [6, 6.07) is 10.5. The number of hydrogen-bond acceptors (Lipinski definition) is 3. The lowest BCUT2D eigenvalue weighted by atomic mass is 9.96. The minimum absolute atomic E-state index is 0.0871. The molecule has 0 spiro atoms. The first-order valence-corrected chi connectivity index (χ1v) is 8.00. The Morgan fingerprint density at radius 3 is 2.58 bits per heavy atom. The van der Waals surface area contributed by atoms with Gasteiger partial charge in [-0.05, 0) is 48.2 Å². The smallest absolute Gasteiger partial charge is 0.133 e. The summed E-state index contributed by atoms with van der Waals surface area (Å²) < 4.78 is 13.7. The van der Waals surface area contributed by atoms with Gasteiger partial charge >= 0.3 is 0 Å². The van der Waals surface area contributed by atoms with Crippen molar-refractivity contribution in [2.24, 2.45) is 0 Å². The highest BCUT2D eigenvalue weighted by molar-refractivity contribution is 6.06. The van der Waals surface area contributed by atoms with Crippen molar-refractivity contribution < 1.29 is 4.39 Å². The molecule has 0 aliphatic carbocycles. The largest absolute Gasteiger partial charge is 0.385 e. The van der Waals surface area contributed by atoms with Gasteiger partial charge in [-0.2, -0.15) is 0 Å². The Hall–Kier alpha value is -2.69. The number of rotatable bonds is 6. The van der Waals surface area contributed by atoms with E-state index in [2.05, 4.69) is 18.3 Å². The Morgan fingerprint density at radius 1 is 1.21 bits per heavy atom. The van der Waals surface area contributed by atoms with E-state index in [-0.39, 0.29) is 5.84 Å². The molecule has 0 amide bonds. The maximum atomic E-state index is 13.7. The number of nitrogens with zero attached hydrogens (tertiary/aromatic N) is 1. The Morgan fingerprint density at radius 2 is 1.96 bits per heavy atom. The van der Waals surface area contributed by atoms with E-state index in [1.54, 1.807) is 13.1 Å². The second-order valence-corrected chi connectivity index (χ2v) is 5.53. The van der Waals surface area contributed by atoms with E-state index in [0.29, 0.717) is 5.56 Å². The summed E-state index contributed by atoms with van der Waals surface area (Å²) in [7, 11) is 1.61. The van der Waals surface area contributed by atoms with Crippen LogP contribution in [0.5, 0.6) is 0 Å². The third kappa shape index (κ3) is 3.62. The molecule has 2 rings (SSSR count). The van der Waals surface area contributed by atoms with Crippen molar-refractivity contribution in [2.75, 3.05) is 18.9 Å². The number of amidine groups is 1. The van der Waals surface area contributed by atoms with Crippen LogP contribution in [0.4, 0.5) is 10.1 Å². The van der Waals surface area contributed by atoms with Crippen molar-refractivity contribution in [1.29, 1.82) is 10.8 Å². The maximum Gasteiger partial charge on any atom is 0.133 e. The van der Waals surface area contributed by atoms with Gasteiger partial charge in [0.1, 0.15) is 11.7 Å². The topological polar surface area (TPSA) is 63.0 Å². The highest BCUT2D eigenvalue weighted by atomic mass is 19.1. The summed E-state index contributed by atoms with van der Waals surface area (Å²) in [5.74, 6) is -0.307. The molecule has 126 valence electrons. The molecule has 0 unspecified atom stereocenters. The minimum atomic E-state index is -0.394. The molecule has 0 saturated heterocycles. The summed E-state index contributed by atoms with van der Waals surface area (Å²) in [4.78, 5) is 1.35. The third-order valence-electron chi connectivity index (χ3n) is 3.95. The molecule has 2 aromatic carbocycles. The summed E-state index contributed by atoms with van der Waals surface area (Å²) in [5, 5.41) is 18.9. The SMILES string of the molecule is CCNc1cc(-c2ccc(F)cc2C(=N)N(C)C=N)ccc1CC. The lowest BCUT2D eigenvalue weighted by Crippen LogP contribution is -2.25. The highest BCUT2D eigenvalue weighted by Gasteiger charge is 2.15. The first-order chi connectivity index (χ1) is 11.5. The van der Waals surface area contributed by atoms with Crippen molar-refractivity contribution >= 4 is 17.9 Å². The Balaban J connectivity index is 2.58. The van der Waals surface area contributed by atoms with Crippen molar-refractivity contribution in [2.45, 2.75) is 20.3 Å². The number of anilines is 1. The fourth-order valence-corrected chi connectivity index (χ4v) is 2.63. The third-order valence-corrected chi connectivity index (χ3v) is 3.95. The number of benzene rings is 2. The summed E-state index contributed by atoms with van der Waals surface area (Å²) >= 11 is 0. The number of aryl methyl sites for hydroxylation is 1.